The van der Waals surface area contributed by atoms with Crippen molar-refractivity contribution in [3.63, 3.8) is 0 Å². The Kier molecular flexibility index (Phi) is 11.3. The summed E-state index contributed by atoms with van der Waals surface area (Å²) in [5.74, 6) is 3.81. The van der Waals surface area contributed by atoms with Crippen LogP contribution in [-0.2, 0) is 13.0 Å². The van der Waals surface area contributed by atoms with E-state index in [9.17, 15) is 4.79 Å². The highest BCUT2D eigenvalue weighted by atomic mass is 16.5. The van der Waals surface area contributed by atoms with Crippen molar-refractivity contribution in [2.45, 2.75) is 45.1 Å². The molecule has 3 aromatic carbocycles. The summed E-state index contributed by atoms with van der Waals surface area (Å²) in [6.07, 6.45) is 5.63. The van der Waals surface area contributed by atoms with Gasteiger partial charge in [0.25, 0.3) is 5.91 Å². The van der Waals surface area contributed by atoms with Crippen LogP contribution >= 0.6 is 0 Å². The molecular formula is C33H41N3O6. The molecule has 1 amide bonds. The summed E-state index contributed by atoms with van der Waals surface area (Å²) in [6, 6.07) is 19.3. The molecule has 0 aliphatic heterocycles. The van der Waals surface area contributed by atoms with Gasteiger partial charge in [-0.15, -0.1) is 0 Å². The number of amides is 1. The minimum Gasteiger partial charge on any atom is -0.493 e. The van der Waals surface area contributed by atoms with E-state index in [0.29, 0.717) is 36.0 Å². The van der Waals surface area contributed by atoms with E-state index in [2.05, 4.69) is 28.1 Å². The van der Waals surface area contributed by atoms with E-state index in [-0.39, 0.29) is 5.91 Å². The SMILES string of the molecule is COc1ccccc1OCCCCn1c(CCCCCNC(=O)c2cc(OC)c(OC)c(OC)c2)nc2ccccc21. The predicted octanol–water partition coefficient (Wildman–Crippen LogP) is 6.07. The molecule has 0 atom stereocenters. The van der Waals surface area contributed by atoms with Crippen LogP contribution in [0.3, 0.4) is 0 Å². The maximum atomic E-state index is 12.7. The standard InChI is InChI=1S/C33H41N3O6/c1-38-27-16-9-10-17-28(27)42-21-13-12-20-36-26-15-8-7-14-25(26)35-31(36)18-6-5-11-19-34-33(37)24-22-29(39-2)32(41-4)30(23-24)40-3/h7-10,14-17,22-23H,5-6,11-13,18-21H2,1-4H3,(H,34,37). The molecule has 224 valence electrons. The molecule has 1 aromatic heterocycles. The highest BCUT2D eigenvalue weighted by Crippen LogP contribution is 2.38. The van der Waals surface area contributed by atoms with Crippen LogP contribution < -0.4 is 29.0 Å². The number of imidazole rings is 1. The van der Waals surface area contributed by atoms with Crippen molar-refractivity contribution in [3.8, 4) is 28.7 Å². The van der Waals surface area contributed by atoms with Crippen molar-refractivity contribution < 1.29 is 28.5 Å². The third kappa shape index (κ3) is 7.66. The van der Waals surface area contributed by atoms with Crippen LogP contribution in [0.2, 0.25) is 0 Å². The van der Waals surface area contributed by atoms with Crippen LogP contribution in [0.25, 0.3) is 11.0 Å². The Balaban J connectivity index is 1.24. The second kappa shape index (κ2) is 15.6. The van der Waals surface area contributed by atoms with Gasteiger partial charge in [-0.25, -0.2) is 4.98 Å². The lowest BCUT2D eigenvalue weighted by Crippen LogP contribution is -2.24. The van der Waals surface area contributed by atoms with E-state index >= 15 is 0 Å². The molecule has 1 N–H and O–H groups in total. The fourth-order valence-electron chi connectivity index (χ4n) is 4.96. The van der Waals surface area contributed by atoms with Gasteiger partial charge in [0.15, 0.2) is 23.0 Å². The summed E-state index contributed by atoms with van der Waals surface area (Å²) in [6.45, 7) is 2.10. The summed E-state index contributed by atoms with van der Waals surface area (Å²) in [5.41, 5.74) is 2.65. The van der Waals surface area contributed by atoms with Gasteiger partial charge >= 0.3 is 0 Å². The number of methoxy groups -OCH3 is 4. The highest BCUT2D eigenvalue weighted by Gasteiger charge is 2.17. The van der Waals surface area contributed by atoms with Crippen LogP contribution in [0, 0.1) is 0 Å². The maximum Gasteiger partial charge on any atom is 0.251 e. The first-order chi connectivity index (χ1) is 20.6. The first kappa shape index (κ1) is 30.6. The van der Waals surface area contributed by atoms with E-state index in [4.69, 9.17) is 28.7 Å². The number of nitrogens with zero attached hydrogens (tertiary/aromatic N) is 2. The number of carbonyl (C=O) groups is 1. The zero-order valence-corrected chi connectivity index (χ0v) is 25.0. The Morgan fingerprint density at radius 3 is 2.17 bits per heavy atom. The normalized spacial score (nSPS) is 10.9. The molecule has 42 heavy (non-hydrogen) atoms. The highest BCUT2D eigenvalue weighted by molar-refractivity contribution is 5.95. The predicted molar refractivity (Wildman–Crippen MR) is 163 cm³/mol. The molecule has 0 spiro atoms. The number of benzene rings is 3. The number of aromatic nitrogens is 2. The smallest absolute Gasteiger partial charge is 0.251 e. The van der Waals surface area contributed by atoms with E-state index in [1.165, 1.54) is 21.3 Å². The zero-order valence-electron chi connectivity index (χ0n) is 25.0. The van der Waals surface area contributed by atoms with Gasteiger partial charge in [0.1, 0.15) is 5.82 Å². The van der Waals surface area contributed by atoms with E-state index in [0.717, 1.165) is 73.4 Å². The number of hydrogen-bond acceptors (Lipinski definition) is 7. The Morgan fingerprint density at radius 1 is 0.762 bits per heavy atom. The molecule has 1 heterocycles. The lowest BCUT2D eigenvalue weighted by Gasteiger charge is -2.14. The summed E-state index contributed by atoms with van der Waals surface area (Å²) in [7, 11) is 6.26. The van der Waals surface area contributed by atoms with Crippen molar-refractivity contribution >= 4 is 16.9 Å². The largest absolute Gasteiger partial charge is 0.493 e. The average Bonchev–Trinajstić information content (AvgIpc) is 3.38. The molecule has 4 rings (SSSR count). The first-order valence-electron chi connectivity index (χ1n) is 14.4. The average molecular weight is 576 g/mol. The number of fused-ring (bicyclic) bond motifs is 1. The lowest BCUT2D eigenvalue weighted by molar-refractivity contribution is 0.0952. The van der Waals surface area contributed by atoms with Crippen molar-refractivity contribution in [2.24, 2.45) is 0 Å². The molecule has 0 saturated heterocycles. The van der Waals surface area contributed by atoms with Gasteiger partial charge in [-0.3, -0.25) is 4.79 Å². The Morgan fingerprint density at radius 2 is 1.45 bits per heavy atom. The third-order valence-corrected chi connectivity index (χ3v) is 7.13. The van der Waals surface area contributed by atoms with Gasteiger partial charge < -0.3 is 33.6 Å². The summed E-state index contributed by atoms with van der Waals surface area (Å²) in [4.78, 5) is 17.7. The van der Waals surface area contributed by atoms with Crippen molar-refractivity contribution in [1.29, 1.82) is 0 Å². The number of ether oxygens (including phenoxy) is 5. The number of unbranched alkanes of at least 4 members (excludes halogenated alkanes) is 3. The molecule has 0 unspecified atom stereocenters. The van der Waals surface area contributed by atoms with Gasteiger partial charge in [0.05, 0.1) is 46.1 Å². The molecule has 0 aliphatic carbocycles. The molecule has 4 aromatic rings. The molecule has 0 saturated carbocycles. The summed E-state index contributed by atoms with van der Waals surface area (Å²) in [5, 5.41) is 3.00. The van der Waals surface area contributed by atoms with Crippen molar-refractivity contribution in [2.75, 3.05) is 41.6 Å². The second-order valence-corrected chi connectivity index (χ2v) is 9.86. The minimum absolute atomic E-state index is 0.175. The number of rotatable bonds is 17. The van der Waals surface area contributed by atoms with Crippen LogP contribution in [-0.4, -0.2) is 57.0 Å². The zero-order chi connectivity index (χ0) is 29.7. The van der Waals surface area contributed by atoms with Gasteiger partial charge in [-0.05, 0) is 62.1 Å². The molecule has 0 radical (unpaired) electrons. The molecule has 9 nitrogen and oxygen atoms in total. The fraction of sp³-hybridized carbons (Fsp3) is 0.394. The fourth-order valence-corrected chi connectivity index (χ4v) is 4.96. The molecule has 0 aliphatic rings. The number of para-hydroxylation sites is 4. The van der Waals surface area contributed by atoms with E-state index < -0.39 is 0 Å². The topological polar surface area (TPSA) is 93.1 Å². The Bertz CT molecular complexity index is 1430. The Labute approximate surface area is 247 Å². The third-order valence-electron chi connectivity index (χ3n) is 7.13. The number of aryl methyl sites for hydroxylation is 2. The molecule has 0 bridgehead atoms. The monoisotopic (exact) mass is 575 g/mol. The number of carbonyl (C=O) groups excluding carboxylic acids is 1. The first-order valence-corrected chi connectivity index (χ1v) is 14.4. The van der Waals surface area contributed by atoms with E-state index in [1.54, 1.807) is 19.2 Å². The van der Waals surface area contributed by atoms with Crippen LogP contribution in [0.1, 0.15) is 48.3 Å². The second-order valence-electron chi connectivity index (χ2n) is 9.86. The van der Waals surface area contributed by atoms with Crippen molar-refractivity contribution in [1.82, 2.24) is 14.9 Å². The Hall–Kier alpha value is -4.40. The van der Waals surface area contributed by atoms with Crippen LogP contribution in [0.4, 0.5) is 0 Å². The van der Waals surface area contributed by atoms with Crippen LogP contribution in [0.5, 0.6) is 28.7 Å². The van der Waals surface area contributed by atoms with Gasteiger partial charge in [-0.1, -0.05) is 30.7 Å². The lowest BCUT2D eigenvalue weighted by atomic mass is 10.1. The van der Waals surface area contributed by atoms with E-state index in [1.807, 2.05) is 30.3 Å². The van der Waals surface area contributed by atoms with Crippen LogP contribution in [0.15, 0.2) is 60.7 Å². The minimum atomic E-state index is -0.175. The van der Waals surface area contributed by atoms with Crippen molar-refractivity contribution in [3.05, 3.63) is 72.1 Å². The summed E-state index contributed by atoms with van der Waals surface area (Å²) >= 11 is 0. The van der Waals surface area contributed by atoms with Gasteiger partial charge in [0.2, 0.25) is 5.75 Å². The molecule has 0 fully saturated rings. The number of hydrogen-bond donors (Lipinski definition) is 1. The van der Waals surface area contributed by atoms with Gasteiger partial charge in [0, 0.05) is 25.1 Å². The number of nitrogens with one attached hydrogen (secondary N) is 1. The molecule has 9 heteroatoms. The quantitative estimate of drug-likeness (QED) is 0.153. The maximum absolute atomic E-state index is 12.7. The summed E-state index contributed by atoms with van der Waals surface area (Å²) < 4.78 is 29.7. The van der Waals surface area contributed by atoms with Gasteiger partial charge in [-0.2, -0.15) is 0 Å². The molecular weight excluding hydrogens is 534 g/mol.